The summed E-state index contributed by atoms with van der Waals surface area (Å²) in [5.74, 6) is 0. The van der Waals surface area contributed by atoms with Gasteiger partial charge in [0.2, 0.25) is 0 Å². The van der Waals surface area contributed by atoms with Crippen molar-refractivity contribution in [1.29, 1.82) is 0 Å². The van der Waals surface area contributed by atoms with E-state index >= 15 is 0 Å². The Morgan fingerprint density at radius 2 is 1.62 bits per heavy atom. The summed E-state index contributed by atoms with van der Waals surface area (Å²) in [4.78, 5) is 0. The van der Waals surface area contributed by atoms with Crippen LogP contribution in [0.2, 0.25) is 0 Å². The number of benzene rings is 2. The topological polar surface area (TPSA) is 0 Å². The SMILES string of the molecule is [B]c1ccccc1C1=Cc2ccccc2C1. The Labute approximate surface area is 97.0 Å². The van der Waals surface area contributed by atoms with Crippen molar-refractivity contribution >= 4 is 25.0 Å². The second kappa shape index (κ2) is 3.68. The fourth-order valence-corrected chi connectivity index (χ4v) is 2.24. The Morgan fingerprint density at radius 1 is 0.875 bits per heavy atom. The van der Waals surface area contributed by atoms with E-state index in [1.807, 2.05) is 18.2 Å². The van der Waals surface area contributed by atoms with Gasteiger partial charge in [-0.1, -0.05) is 60.1 Å². The number of rotatable bonds is 1. The van der Waals surface area contributed by atoms with E-state index in [4.69, 9.17) is 7.85 Å². The van der Waals surface area contributed by atoms with E-state index in [9.17, 15) is 0 Å². The quantitative estimate of drug-likeness (QED) is 0.623. The van der Waals surface area contributed by atoms with Crippen LogP contribution < -0.4 is 5.46 Å². The highest BCUT2D eigenvalue weighted by atomic mass is 14.2. The maximum absolute atomic E-state index is 5.99. The van der Waals surface area contributed by atoms with Gasteiger partial charge in [0.15, 0.2) is 0 Å². The molecule has 0 spiro atoms. The molecule has 0 bridgehead atoms. The van der Waals surface area contributed by atoms with Gasteiger partial charge in [-0.3, -0.25) is 0 Å². The monoisotopic (exact) mass is 202 g/mol. The zero-order valence-corrected chi connectivity index (χ0v) is 8.98. The zero-order chi connectivity index (χ0) is 11.0. The normalized spacial score (nSPS) is 13.4. The van der Waals surface area contributed by atoms with Crippen LogP contribution in [0.4, 0.5) is 0 Å². The van der Waals surface area contributed by atoms with Crippen LogP contribution in [-0.2, 0) is 6.42 Å². The van der Waals surface area contributed by atoms with Gasteiger partial charge in [0.1, 0.15) is 7.85 Å². The highest BCUT2D eigenvalue weighted by molar-refractivity contribution is 6.35. The molecule has 0 saturated carbocycles. The lowest BCUT2D eigenvalue weighted by molar-refractivity contribution is 1.32. The highest BCUT2D eigenvalue weighted by Gasteiger charge is 2.13. The summed E-state index contributed by atoms with van der Waals surface area (Å²) in [5, 5.41) is 0. The molecule has 0 atom stereocenters. The Kier molecular flexibility index (Phi) is 2.18. The van der Waals surface area contributed by atoms with E-state index in [0.717, 1.165) is 11.9 Å². The van der Waals surface area contributed by atoms with E-state index in [2.05, 4.69) is 36.4 Å². The van der Waals surface area contributed by atoms with E-state index < -0.39 is 0 Å². The molecule has 0 unspecified atom stereocenters. The predicted octanol–water partition coefficient (Wildman–Crippen LogP) is 2.58. The van der Waals surface area contributed by atoms with Crippen molar-refractivity contribution in [2.45, 2.75) is 6.42 Å². The van der Waals surface area contributed by atoms with Crippen LogP contribution in [0.1, 0.15) is 16.7 Å². The first-order valence-corrected chi connectivity index (χ1v) is 5.48. The molecule has 1 aliphatic rings. The molecule has 74 valence electrons. The van der Waals surface area contributed by atoms with E-state index in [1.54, 1.807) is 0 Å². The molecule has 1 heteroatoms. The summed E-state index contributed by atoms with van der Waals surface area (Å²) in [6.45, 7) is 0. The second-order valence-corrected chi connectivity index (χ2v) is 4.13. The summed E-state index contributed by atoms with van der Waals surface area (Å²) < 4.78 is 0. The predicted molar refractivity (Wildman–Crippen MR) is 69.8 cm³/mol. The minimum Gasteiger partial charge on any atom is -0.0893 e. The van der Waals surface area contributed by atoms with Crippen LogP contribution in [0, 0.1) is 0 Å². The van der Waals surface area contributed by atoms with Gasteiger partial charge in [0.05, 0.1) is 0 Å². The second-order valence-electron chi connectivity index (χ2n) is 4.13. The van der Waals surface area contributed by atoms with Crippen molar-refractivity contribution in [3.63, 3.8) is 0 Å². The Balaban J connectivity index is 2.05. The molecule has 0 nitrogen and oxygen atoms in total. The van der Waals surface area contributed by atoms with Gasteiger partial charge in [0.25, 0.3) is 0 Å². The molecule has 3 rings (SSSR count). The summed E-state index contributed by atoms with van der Waals surface area (Å²) in [7, 11) is 5.99. The third-order valence-electron chi connectivity index (χ3n) is 3.07. The first-order chi connectivity index (χ1) is 7.84. The Hall–Kier alpha value is -1.76. The van der Waals surface area contributed by atoms with Crippen molar-refractivity contribution in [1.82, 2.24) is 0 Å². The van der Waals surface area contributed by atoms with Crippen LogP contribution in [0.3, 0.4) is 0 Å². The van der Waals surface area contributed by atoms with Crippen molar-refractivity contribution in [3.8, 4) is 0 Å². The van der Waals surface area contributed by atoms with Gasteiger partial charge in [-0.2, -0.15) is 0 Å². The van der Waals surface area contributed by atoms with Gasteiger partial charge in [-0.25, -0.2) is 0 Å². The van der Waals surface area contributed by atoms with Crippen LogP contribution in [-0.4, -0.2) is 7.85 Å². The lowest BCUT2D eigenvalue weighted by Crippen LogP contribution is -2.08. The fraction of sp³-hybridized carbons (Fsp3) is 0.0667. The van der Waals surface area contributed by atoms with Crippen LogP contribution in [0.25, 0.3) is 11.6 Å². The van der Waals surface area contributed by atoms with Gasteiger partial charge >= 0.3 is 0 Å². The number of hydrogen-bond acceptors (Lipinski definition) is 0. The van der Waals surface area contributed by atoms with Crippen molar-refractivity contribution in [2.24, 2.45) is 0 Å². The summed E-state index contributed by atoms with van der Waals surface area (Å²) in [6.07, 6.45) is 3.23. The van der Waals surface area contributed by atoms with Gasteiger partial charge in [0, 0.05) is 0 Å². The molecular formula is C15H11B. The molecule has 0 aromatic heterocycles. The van der Waals surface area contributed by atoms with E-state index in [1.165, 1.54) is 22.3 Å². The summed E-state index contributed by atoms with van der Waals surface area (Å²) in [5.41, 5.74) is 6.06. The van der Waals surface area contributed by atoms with Crippen molar-refractivity contribution in [3.05, 3.63) is 65.2 Å². The lowest BCUT2D eigenvalue weighted by atomic mass is 9.86. The molecule has 16 heavy (non-hydrogen) atoms. The van der Waals surface area contributed by atoms with Crippen LogP contribution in [0.5, 0.6) is 0 Å². The van der Waals surface area contributed by atoms with Gasteiger partial charge in [-0.15, -0.1) is 0 Å². The summed E-state index contributed by atoms with van der Waals surface area (Å²) >= 11 is 0. The molecular weight excluding hydrogens is 191 g/mol. The number of fused-ring (bicyclic) bond motifs is 1. The first-order valence-electron chi connectivity index (χ1n) is 5.48. The van der Waals surface area contributed by atoms with Gasteiger partial charge in [-0.05, 0) is 28.7 Å². The van der Waals surface area contributed by atoms with Gasteiger partial charge < -0.3 is 0 Å². The molecule has 1 aliphatic carbocycles. The Bertz CT molecular complexity index is 567. The number of allylic oxidation sites excluding steroid dienone is 1. The van der Waals surface area contributed by atoms with Crippen molar-refractivity contribution < 1.29 is 0 Å². The Morgan fingerprint density at radius 3 is 2.44 bits per heavy atom. The third-order valence-corrected chi connectivity index (χ3v) is 3.07. The van der Waals surface area contributed by atoms with Crippen molar-refractivity contribution in [2.75, 3.05) is 0 Å². The molecule has 2 aromatic carbocycles. The minimum absolute atomic E-state index is 0.863. The standard InChI is InChI=1S/C15H11B/c16-15-8-4-3-7-14(15)13-9-11-5-1-2-6-12(11)10-13/h1-9H,10H2. The molecule has 0 fully saturated rings. The first kappa shape index (κ1) is 9.47. The average molecular weight is 202 g/mol. The molecule has 0 amide bonds. The molecule has 2 aromatic rings. The van der Waals surface area contributed by atoms with E-state index in [0.29, 0.717) is 0 Å². The smallest absolute Gasteiger partial charge is 0.0893 e. The average Bonchev–Trinajstić information content (AvgIpc) is 2.73. The fourth-order valence-electron chi connectivity index (χ4n) is 2.24. The highest BCUT2D eigenvalue weighted by Crippen LogP contribution is 2.30. The molecule has 0 heterocycles. The maximum Gasteiger partial charge on any atom is 0.114 e. The largest absolute Gasteiger partial charge is 0.114 e. The molecule has 0 N–H and O–H groups in total. The van der Waals surface area contributed by atoms with Crippen LogP contribution in [0.15, 0.2) is 48.5 Å². The minimum atomic E-state index is 0.863. The van der Waals surface area contributed by atoms with Crippen LogP contribution >= 0.6 is 0 Å². The zero-order valence-electron chi connectivity index (χ0n) is 8.98. The molecule has 0 saturated heterocycles. The maximum atomic E-state index is 5.99. The lowest BCUT2D eigenvalue weighted by Gasteiger charge is -2.06. The molecule has 2 radical (unpaired) electrons. The molecule has 0 aliphatic heterocycles. The number of hydrogen-bond donors (Lipinski definition) is 0. The van der Waals surface area contributed by atoms with E-state index in [-0.39, 0.29) is 0 Å². The third kappa shape index (κ3) is 1.49. The summed E-state index contributed by atoms with van der Waals surface area (Å²) in [6, 6.07) is 16.6.